The first kappa shape index (κ1) is 18.3. The third-order valence-electron chi connectivity index (χ3n) is 4.77. The summed E-state index contributed by atoms with van der Waals surface area (Å²) in [6.07, 6.45) is 3.23. The number of hydrogen-bond donors (Lipinski definition) is 2. The van der Waals surface area contributed by atoms with Crippen molar-refractivity contribution < 1.29 is 19.4 Å². The quantitative estimate of drug-likeness (QED) is 0.800. The Hall–Kier alpha value is -2.04. The first-order chi connectivity index (χ1) is 11.6. The van der Waals surface area contributed by atoms with Crippen LogP contribution in [0.5, 0.6) is 5.75 Å². The second-order valence-electron chi connectivity index (χ2n) is 6.33. The third-order valence-corrected chi connectivity index (χ3v) is 4.77. The first-order valence-electron chi connectivity index (χ1n) is 8.81. The molecule has 5 nitrogen and oxygen atoms in total. The summed E-state index contributed by atoms with van der Waals surface area (Å²) >= 11 is 0. The van der Waals surface area contributed by atoms with Crippen molar-refractivity contribution in [1.82, 2.24) is 5.32 Å². The fraction of sp³-hybridized carbons (Fsp3) is 0.579. The number of carbonyl (C=O) groups excluding carboxylic acids is 1. The van der Waals surface area contributed by atoms with Crippen molar-refractivity contribution in [2.24, 2.45) is 11.8 Å². The Morgan fingerprint density at radius 3 is 2.38 bits per heavy atom. The van der Waals surface area contributed by atoms with E-state index in [0.717, 1.165) is 17.7 Å². The van der Waals surface area contributed by atoms with Gasteiger partial charge in [-0.25, -0.2) is 0 Å². The zero-order chi connectivity index (χ0) is 17.5. The van der Waals surface area contributed by atoms with Crippen molar-refractivity contribution in [2.75, 3.05) is 6.61 Å². The number of aliphatic carboxylic acids is 1. The van der Waals surface area contributed by atoms with E-state index < -0.39 is 5.97 Å². The molecule has 1 aromatic carbocycles. The van der Waals surface area contributed by atoms with Gasteiger partial charge in [-0.3, -0.25) is 9.59 Å². The minimum absolute atomic E-state index is 0.0250. The van der Waals surface area contributed by atoms with Gasteiger partial charge in [0.2, 0.25) is 5.91 Å². The molecule has 2 rings (SSSR count). The molecule has 132 valence electrons. The number of para-hydroxylation sites is 1. The van der Waals surface area contributed by atoms with E-state index in [2.05, 4.69) is 5.32 Å². The van der Waals surface area contributed by atoms with E-state index in [1.165, 1.54) is 0 Å². The van der Waals surface area contributed by atoms with E-state index >= 15 is 0 Å². The zero-order valence-corrected chi connectivity index (χ0v) is 14.5. The predicted molar refractivity (Wildman–Crippen MR) is 91.9 cm³/mol. The van der Waals surface area contributed by atoms with Crippen LogP contribution in [-0.4, -0.2) is 23.6 Å². The van der Waals surface area contributed by atoms with E-state index in [4.69, 9.17) is 9.84 Å². The van der Waals surface area contributed by atoms with Gasteiger partial charge in [0, 0.05) is 11.5 Å². The summed E-state index contributed by atoms with van der Waals surface area (Å²) in [6.45, 7) is 4.56. The average molecular weight is 333 g/mol. The fourth-order valence-corrected chi connectivity index (χ4v) is 3.35. The second-order valence-corrected chi connectivity index (χ2v) is 6.33. The molecule has 0 saturated heterocycles. The highest BCUT2D eigenvalue weighted by Gasteiger charge is 2.30. The van der Waals surface area contributed by atoms with Crippen molar-refractivity contribution >= 4 is 11.9 Å². The van der Waals surface area contributed by atoms with E-state index in [-0.39, 0.29) is 23.8 Å². The lowest BCUT2D eigenvalue weighted by molar-refractivity contribution is -0.144. The van der Waals surface area contributed by atoms with Crippen LogP contribution in [0.2, 0.25) is 0 Å². The average Bonchev–Trinajstić information content (AvgIpc) is 2.60. The van der Waals surface area contributed by atoms with Gasteiger partial charge < -0.3 is 15.2 Å². The van der Waals surface area contributed by atoms with Crippen LogP contribution < -0.4 is 10.1 Å². The number of amides is 1. The number of benzene rings is 1. The molecule has 1 atom stereocenters. The maximum Gasteiger partial charge on any atom is 0.306 e. The monoisotopic (exact) mass is 333 g/mol. The topological polar surface area (TPSA) is 75.6 Å². The molecular weight excluding hydrogens is 306 g/mol. The molecule has 0 radical (unpaired) electrons. The second kappa shape index (κ2) is 8.71. The van der Waals surface area contributed by atoms with Crippen LogP contribution in [0.4, 0.5) is 0 Å². The normalized spacial score (nSPS) is 21.8. The minimum atomic E-state index is -0.745. The molecule has 0 aromatic heterocycles. The molecule has 2 N–H and O–H groups in total. The molecule has 24 heavy (non-hydrogen) atoms. The highest BCUT2D eigenvalue weighted by molar-refractivity contribution is 5.80. The number of hydrogen-bond acceptors (Lipinski definition) is 3. The summed E-state index contributed by atoms with van der Waals surface area (Å²) in [4.78, 5) is 23.6. The number of nitrogens with one attached hydrogen (secondary N) is 1. The molecule has 1 aliphatic carbocycles. The summed E-state index contributed by atoms with van der Waals surface area (Å²) in [5.41, 5.74) is 0.995. The number of ether oxygens (including phenoxy) is 1. The summed E-state index contributed by atoms with van der Waals surface area (Å²) in [6, 6.07) is 7.70. The van der Waals surface area contributed by atoms with Gasteiger partial charge in [0.25, 0.3) is 0 Å². The molecule has 0 heterocycles. The van der Waals surface area contributed by atoms with E-state index in [0.29, 0.717) is 32.3 Å². The Kier molecular flexibility index (Phi) is 6.64. The van der Waals surface area contributed by atoms with Gasteiger partial charge in [-0.15, -0.1) is 0 Å². The Balaban J connectivity index is 2.00. The largest absolute Gasteiger partial charge is 0.494 e. The van der Waals surface area contributed by atoms with E-state index in [9.17, 15) is 9.59 Å². The van der Waals surface area contributed by atoms with Gasteiger partial charge >= 0.3 is 5.97 Å². The summed E-state index contributed by atoms with van der Waals surface area (Å²) in [5.74, 6) is -0.298. The lowest BCUT2D eigenvalue weighted by atomic mass is 9.81. The van der Waals surface area contributed by atoms with Crippen LogP contribution in [0.1, 0.15) is 57.6 Å². The Labute approximate surface area is 143 Å². The van der Waals surface area contributed by atoms with Gasteiger partial charge in [0.15, 0.2) is 0 Å². The van der Waals surface area contributed by atoms with Gasteiger partial charge in [0.05, 0.1) is 18.6 Å². The van der Waals surface area contributed by atoms with Crippen LogP contribution in [-0.2, 0) is 9.59 Å². The Morgan fingerprint density at radius 1 is 1.17 bits per heavy atom. The van der Waals surface area contributed by atoms with Crippen LogP contribution in [0, 0.1) is 11.8 Å². The summed E-state index contributed by atoms with van der Waals surface area (Å²) in [7, 11) is 0. The number of rotatable bonds is 7. The van der Waals surface area contributed by atoms with Crippen LogP contribution >= 0.6 is 0 Å². The minimum Gasteiger partial charge on any atom is -0.494 e. The molecule has 1 fully saturated rings. The molecule has 1 aromatic rings. The highest BCUT2D eigenvalue weighted by atomic mass is 16.5. The lowest BCUT2D eigenvalue weighted by Gasteiger charge is -2.28. The van der Waals surface area contributed by atoms with Crippen molar-refractivity contribution in [2.45, 2.75) is 52.0 Å². The molecule has 0 spiro atoms. The first-order valence-corrected chi connectivity index (χ1v) is 8.81. The molecule has 0 aliphatic heterocycles. The van der Waals surface area contributed by atoms with E-state index in [1.54, 1.807) is 0 Å². The third kappa shape index (κ3) is 4.49. The predicted octanol–water partition coefficient (Wildman–Crippen LogP) is 3.54. The fourth-order valence-electron chi connectivity index (χ4n) is 3.35. The van der Waals surface area contributed by atoms with E-state index in [1.807, 2.05) is 38.1 Å². The SMILES string of the molecule is CCOc1ccccc1C(CC)NC(=O)C1CCC(C(=O)O)CC1. The Morgan fingerprint density at radius 2 is 1.79 bits per heavy atom. The van der Waals surface area contributed by atoms with Gasteiger partial charge in [-0.2, -0.15) is 0 Å². The van der Waals surface area contributed by atoms with Crippen LogP contribution in [0.3, 0.4) is 0 Å². The van der Waals surface area contributed by atoms with Crippen molar-refractivity contribution in [3.8, 4) is 5.75 Å². The van der Waals surface area contributed by atoms with Gasteiger partial charge in [-0.1, -0.05) is 25.1 Å². The van der Waals surface area contributed by atoms with Gasteiger partial charge in [0.1, 0.15) is 5.75 Å². The number of carbonyl (C=O) groups is 2. The highest BCUT2D eigenvalue weighted by Crippen LogP contribution is 2.31. The molecular formula is C19H27NO4. The zero-order valence-electron chi connectivity index (χ0n) is 14.5. The van der Waals surface area contributed by atoms with Crippen molar-refractivity contribution in [3.05, 3.63) is 29.8 Å². The maximum atomic E-state index is 12.6. The van der Waals surface area contributed by atoms with Crippen LogP contribution in [0.25, 0.3) is 0 Å². The van der Waals surface area contributed by atoms with Crippen LogP contribution in [0.15, 0.2) is 24.3 Å². The lowest BCUT2D eigenvalue weighted by Crippen LogP contribution is -2.36. The molecule has 1 amide bonds. The van der Waals surface area contributed by atoms with Gasteiger partial charge in [-0.05, 0) is 45.1 Å². The number of carboxylic acid groups (broad SMARTS) is 1. The summed E-state index contributed by atoms with van der Waals surface area (Å²) < 4.78 is 5.67. The number of carboxylic acids is 1. The molecule has 5 heteroatoms. The standard InChI is InChI=1S/C19H27NO4/c1-3-16(15-7-5-6-8-17(15)24-4-2)20-18(21)13-9-11-14(12-10-13)19(22)23/h5-8,13-14,16H,3-4,9-12H2,1-2H3,(H,20,21)(H,22,23). The smallest absolute Gasteiger partial charge is 0.306 e. The Bertz CT molecular complexity index is 564. The van der Waals surface area contributed by atoms with Crippen molar-refractivity contribution in [3.63, 3.8) is 0 Å². The summed E-state index contributed by atoms with van der Waals surface area (Å²) in [5, 5.41) is 12.2. The molecule has 1 saturated carbocycles. The molecule has 1 aliphatic rings. The molecule has 0 bridgehead atoms. The van der Waals surface area contributed by atoms with Crippen molar-refractivity contribution in [1.29, 1.82) is 0 Å². The molecule has 1 unspecified atom stereocenters. The maximum absolute atomic E-state index is 12.6.